The van der Waals surface area contributed by atoms with Crippen molar-refractivity contribution >= 4 is 10.0 Å². The molecule has 2 N–H and O–H groups in total. The zero-order valence-electron chi connectivity index (χ0n) is 9.40. The van der Waals surface area contributed by atoms with Gasteiger partial charge in [0.25, 0.3) is 0 Å². The lowest BCUT2D eigenvalue weighted by atomic mass is 10.1. The van der Waals surface area contributed by atoms with Crippen LogP contribution in [-0.2, 0) is 16.6 Å². The first-order chi connectivity index (χ1) is 7.94. The molecule has 17 heavy (non-hydrogen) atoms. The molecule has 1 aromatic carbocycles. The van der Waals surface area contributed by atoms with Crippen LogP contribution in [0.1, 0.15) is 24.0 Å². The minimum atomic E-state index is -3.68. The highest BCUT2D eigenvalue weighted by Gasteiger charge is 2.29. The van der Waals surface area contributed by atoms with Gasteiger partial charge >= 0.3 is 0 Å². The summed E-state index contributed by atoms with van der Waals surface area (Å²) in [6.45, 7) is 1.03. The van der Waals surface area contributed by atoms with E-state index < -0.39 is 15.8 Å². The fourth-order valence-electron chi connectivity index (χ4n) is 1.56. The van der Waals surface area contributed by atoms with Crippen LogP contribution in [0.4, 0.5) is 4.39 Å². The summed E-state index contributed by atoms with van der Waals surface area (Å²) >= 11 is 0. The Hall–Kier alpha value is -0.980. The molecule has 0 heterocycles. The van der Waals surface area contributed by atoms with Gasteiger partial charge in [-0.2, -0.15) is 0 Å². The van der Waals surface area contributed by atoms with Crippen LogP contribution in [0.5, 0.6) is 0 Å². The first-order valence-electron chi connectivity index (χ1n) is 5.36. The lowest BCUT2D eigenvalue weighted by Crippen LogP contribution is -2.26. The van der Waals surface area contributed by atoms with Crippen molar-refractivity contribution in [3.8, 4) is 0 Å². The third kappa shape index (κ3) is 2.65. The van der Waals surface area contributed by atoms with Crippen LogP contribution in [0.2, 0.25) is 0 Å². The molecular formula is C11H14FNO3S. The van der Waals surface area contributed by atoms with E-state index in [0.29, 0.717) is 0 Å². The molecule has 0 atom stereocenters. The quantitative estimate of drug-likeness (QED) is 0.850. The summed E-state index contributed by atoms with van der Waals surface area (Å²) in [4.78, 5) is -0.0894. The van der Waals surface area contributed by atoms with Crippen molar-refractivity contribution in [3.05, 3.63) is 29.1 Å². The van der Waals surface area contributed by atoms with Gasteiger partial charge in [-0.3, -0.25) is 0 Å². The minimum Gasteiger partial charge on any atom is -0.392 e. The highest BCUT2D eigenvalue weighted by atomic mass is 32.2. The second-order valence-corrected chi connectivity index (χ2v) is 5.94. The number of benzene rings is 1. The van der Waals surface area contributed by atoms with E-state index in [9.17, 15) is 12.8 Å². The van der Waals surface area contributed by atoms with Gasteiger partial charge in [-0.1, -0.05) is 0 Å². The molecule has 0 aromatic heterocycles. The highest BCUT2D eigenvalue weighted by Crippen LogP contribution is 2.25. The molecule has 4 nitrogen and oxygen atoms in total. The number of hydrogen-bond acceptors (Lipinski definition) is 3. The van der Waals surface area contributed by atoms with E-state index >= 15 is 0 Å². The van der Waals surface area contributed by atoms with E-state index in [4.69, 9.17) is 5.11 Å². The Morgan fingerprint density at radius 2 is 2.12 bits per heavy atom. The van der Waals surface area contributed by atoms with Crippen LogP contribution in [0.15, 0.2) is 17.0 Å². The van der Waals surface area contributed by atoms with E-state index in [2.05, 4.69) is 4.72 Å². The monoisotopic (exact) mass is 259 g/mol. The standard InChI is InChI=1S/C11H14FNO3S/c1-7-10(12)4-8(6-14)5-11(7)17(15,16)13-9-2-3-9/h4-5,9,13-14H,2-3,6H2,1H3. The normalized spacial score (nSPS) is 16.2. The molecule has 1 aliphatic carbocycles. The van der Waals surface area contributed by atoms with Crippen LogP contribution in [0.3, 0.4) is 0 Å². The predicted molar refractivity (Wildman–Crippen MR) is 60.4 cm³/mol. The maximum Gasteiger partial charge on any atom is 0.241 e. The second kappa shape index (κ2) is 4.36. The minimum absolute atomic E-state index is 0.0276. The number of nitrogens with one attached hydrogen (secondary N) is 1. The molecule has 0 radical (unpaired) electrons. The number of rotatable bonds is 4. The van der Waals surface area contributed by atoms with Crippen LogP contribution in [-0.4, -0.2) is 19.6 Å². The molecule has 1 saturated carbocycles. The smallest absolute Gasteiger partial charge is 0.241 e. The van der Waals surface area contributed by atoms with Gasteiger partial charge in [0.05, 0.1) is 11.5 Å². The van der Waals surface area contributed by atoms with Crippen LogP contribution in [0.25, 0.3) is 0 Å². The highest BCUT2D eigenvalue weighted by molar-refractivity contribution is 7.89. The molecule has 0 saturated heterocycles. The van der Waals surface area contributed by atoms with Gasteiger partial charge in [0.1, 0.15) is 5.82 Å². The summed E-state index contributed by atoms with van der Waals surface area (Å²) in [5.74, 6) is -0.618. The first kappa shape index (κ1) is 12.5. The molecule has 1 aliphatic rings. The lowest BCUT2D eigenvalue weighted by molar-refractivity contribution is 0.281. The SMILES string of the molecule is Cc1c(F)cc(CO)cc1S(=O)(=O)NC1CC1. The van der Waals surface area contributed by atoms with Crippen molar-refractivity contribution in [2.45, 2.75) is 37.3 Å². The molecule has 0 amide bonds. The van der Waals surface area contributed by atoms with Crippen LogP contribution in [0, 0.1) is 12.7 Å². The lowest BCUT2D eigenvalue weighted by Gasteiger charge is -2.10. The van der Waals surface area contributed by atoms with Crippen LogP contribution < -0.4 is 4.72 Å². The van der Waals surface area contributed by atoms with E-state index in [-0.39, 0.29) is 28.7 Å². The Balaban J connectivity index is 2.45. The molecule has 94 valence electrons. The van der Waals surface area contributed by atoms with Gasteiger partial charge in [-0.15, -0.1) is 0 Å². The maximum absolute atomic E-state index is 13.5. The van der Waals surface area contributed by atoms with Gasteiger partial charge in [0.2, 0.25) is 10.0 Å². The van der Waals surface area contributed by atoms with Crippen molar-refractivity contribution in [2.75, 3.05) is 0 Å². The predicted octanol–water partition coefficient (Wildman–Crippen LogP) is 1.07. The fraction of sp³-hybridized carbons (Fsp3) is 0.455. The molecule has 1 fully saturated rings. The van der Waals surface area contributed by atoms with Crippen molar-refractivity contribution in [1.29, 1.82) is 0 Å². The van der Waals surface area contributed by atoms with Gasteiger partial charge < -0.3 is 5.11 Å². The molecule has 1 aromatic rings. The van der Waals surface area contributed by atoms with E-state index in [1.165, 1.54) is 13.0 Å². The Labute approximate surface area is 99.5 Å². The van der Waals surface area contributed by atoms with Crippen molar-refractivity contribution in [1.82, 2.24) is 4.72 Å². The van der Waals surface area contributed by atoms with E-state index in [0.717, 1.165) is 18.9 Å². The topological polar surface area (TPSA) is 66.4 Å². The Morgan fingerprint density at radius 1 is 1.47 bits per heavy atom. The summed E-state index contributed by atoms with van der Waals surface area (Å²) in [6, 6.07) is 2.43. The maximum atomic E-state index is 13.5. The average molecular weight is 259 g/mol. The number of hydrogen-bond donors (Lipinski definition) is 2. The largest absolute Gasteiger partial charge is 0.392 e. The first-order valence-corrected chi connectivity index (χ1v) is 6.84. The molecule has 6 heteroatoms. The Kier molecular flexibility index (Phi) is 3.20. The zero-order chi connectivity index (χ0) is 12.6. The molecule has 0 unspecified atom stereocenters. The van der Waals surface area contributed by atoms with Gasteiger partial charge in [-0.05, 0) is 37.5 Å². The van der Waals surface area contributed by atoms with Crippen molar-refractivity contribution < 1.29 is 17.9 Å². The Morgan fingerprint density at radius 3 is 2.65 bits per heavy atom. The summed E-state index contributed by atoms with van der Waals surface area (Å²) in [5.41, 5.74) is 0.333. The second-order valence-electron chi connectivity index (χ2n) is 4.25. The summed E-state index contributed by atoms with van der Waals surface area (Å²) in [5, 5.41) is 8.96. The van der Waals surface area contributed by atoms with Gasteiger partial charge in [0.15, 0.2) is 0 Å². The third-order valence-electron chi connectivity index (χ3n) is 2.73. The fourth-order valence-corrected chi connectivity index (χ4v) is 3.17. The van der Waals surface area contributed by atoms with Gasteiger partial charge in [-0.25, -0.2) is 17.5 Å². The number of aliphatic hydroxyl groups is 1. The summed E-state index contributed by atoms with van der Waals surface area (Å²) in [6.07, 6.45) is 1.64. The molecule has 2 rings (SSSR count). The van der Waals surface area contributed by atoms with Crippen molar-refractivity contribution in [3.63, 3.8) is 0 Å². The third-order valence-corrected chi connectivity index (χ3v) is 4.37. The molecular weight excluding hydrogens is 245 g/mol. The van der Waals surface area contributed by atoms with E-state index in [1.807, 2.05) is 0 Å². The number of sulfonamides is 1. The molecule has 0 spiro atoms. The Bertz CT molecular complexity index is 538. The van der Waals surface area contributed by atoms with Crippen molar-refractivity contribution in [2.24, 2.45) is 0 Å². The van der Waals surface area contributed by atoms with Crippen LogP contribution >= 0.6 is 0 Å². The molecule has 0 bridgehead atoms. The summed E-state index contributed by atoms with van der Waals surface area (Å²) < 4.78 is 39.9. The molecule has 0 aliphatic heterocycles. The van der Waals surface area contributed by atoms with Gasteiger partial charge in [0, 0.05) is 11.6 Å². The average Bonchev–Trinajstić information content (AvgIpc) is 3.04. The zero-order valence-corrected chi connectivity index (χ0v) is 10.2. The number of aliphatic hydroxyl groups excluding tert-OH is 1. The van der Waals surface area contributed by atoms with E-state index in [1.54, 1.807) is 0 Å². The number of halogens is 1. The summed E-state index contributed by atoms with van der Waals surface area (Å²) in [7, 11) is -3.68.